The van der Waals surface area contributed by atoms with Crippen molar-refractivity contribution in [1.29, 1.82) is 5.26 Å². The SMILES string of the molecule is COC(=O)CC(NS(=O)(=O)c1cccc(C#N)c1)c1cccs1. The number of nitrogens with one attached hydrogen (secondary N) is 1. The summed E-state index contributed by atoms with van der Waals surface area (Å²) in [5, 5.41) is 10.7. The topological polar surface area (TPSA) is 96.3 Å². The van der Waals surface area contributed by atoms with Crippen LogP contribution in [-0.2, 0) is 19.6 Å². The standard InChI is InChI=1S/C15H14N2O4S2/c1-21-15(18)9-13(14-6-3-7-22-14)17-23(19,20)12-5-2-4-11(8-12)10-16/h2-8,13,17H,9H2,1H3. The number of carbonyl (C=O) groups excluding carboxylic acids is 1. The molecule has 2 rings (SSSR count). The number of carbonyl (C=O) groups is 1. The molecular weight excluding hydrogens is 336 g/mol. The number of hydrogen-bond acceptors (Lipinski definition) is 6. The Hall–Kier alpha value is -2.21. The van der Waals surface area contributed by atoms with Gasteiger partial charge in [-0.1, -0.05) is 12.1 Å². The molecule has 1 atom stereocenters. The largest absolute Gasteiger partial charge is 0.469 e. The van der Waals surface area contributed by atoms with E-state index in [4.69, 9.17) is 5.26 Å². The van der Waals surface area contributed by atoms with Gasteiger partial charge in [0.1, 0.15) is 0 Å². The lowest BCUT2D eigenvalue weighted by Gasteiger charge is -2.16. The molecule has 0 aliphatic rings. The number of esters is 1. The highest BCUT2D eigenvalue weighted by atomic mass is 32.2. The monoisotopic (exact) mass is 350 g/mol. The molecule has 0 aliphatic carbocycles. The molecule has 23 heavy (non-hydrogen) atoms. The van der Waals surface area contributed by atoms with Crippen molar-refractivity contribution in [2.45, 2.75) is 17.4 Å². The maximum Gasteiger partial charge on any atom is 0.307 e. The molecule has 0 amide bonds. The maximum absolute atomic E-state index is 12.5. The van der Waals surface area contributed by atoms with Crippen molar-refractivity contribution in [2.24, 2.45) is 0 Å². The first-order chi connectivity index (χ1) is 11.0. The van der Waals surface area contributed by atoms with Crippen LogP contribution in [0.5, 0.6) is 0 Å². The maximum atomic E-state index is 12.5. The number of sulfonamides is 1. The quantitative estimate of drug-likeness (QED) is 0.806. The lowest BCUT2D eigenvalue weighted by molar-refractivity contribution is -0.141. The number of methoxy groups -OCH3 is 1. The van der Waals surface area contributed by atoms with E-state index in [1.54, 1.807) is 17.5 Å². The second-order valence-corrected chi connectivity index (χ2v) is 7.30. The van der Waals surface area contributed by atoms with Crippen LogP contribution in [0.25, 0.3) is 0 Å². The van der Waals surface area contributed by atoms with Crippen molar-refractivity contribution < 1.29 is 17.9 Å². The van der Waals surface area contributed by atoms with Crippen LogP contribution in [-0.4, -0.2) is 21.5 Å². The fourth-order valence-electron chi connectivity index (χ4n) is 1.93. The molecule has 1 N–H and O–H groups in total. The Morgan fingerprint density at radius 3 is 2.78 bits per heavy atom. The van der Waals surface area contributed by atoms with Gasteiger partial charge in [-0.2, -0.15) is 5.26 Å². The summed E-state index contributed by atoms with van der Waals surface area (Å²) < 4.78 is 32.1. The zero-order chi connectivity index (χ0) is 16.9. The van der Waals surface area contributed by atoms with E-state index in [0.29, 0.717) is 4.88 Å². The summed E-state index contributed by atoms with van der Waals surface area (Å²) in [5.74, 6) is -0.517. The summed E-state index contributed by atoms with van der Waals surface area (Å²) in [7, 11) is -2.63. The van der Waals surface area contributed by atoms with E-state index in [1.807, 2.05) is 6.07 Å². The number of rotatable bonds is 6. The van der Waals surface area contributed by atoms with Gasteiger partial charge in [-0.25, -0.2) is 13.1 Å². The number of benzene rings is 1. The molecule has 0 radical (unpaired) electrons. The predicted octanol–water partition coefficient (Wildman–Crippen LogP) is 2.20. The molecule has 1 aromatic carbocycles. The molecule has 0 fully saturated rings. The van der Waals surface area contributed by atoms with Crippen LogP contribution in [0.1, 0.15) is 22.9 Å². The van der Waals surface area contributed by atoms with Gasteiger partial charge in [-0.15, -0.1) is 11.3 Å². The highest BCUT2D eigenvalue weighted by molar-refractivity contribution is 7.89. The van der Waals surface area contributed by atoms with Gasteiger partial charge in [0, 0.05) is 4.88 Å². The first-order valence-electron chi connectivity index (χ1n) is 6.59. The van der Waals surface area contributed by atoms with Crippen LogP contribution in [0.15, 0.2) is 46.7 Å². The normalized spacial score (nSPS) is 12.3. The minimum Gasteiger partial charge on any atom is -0.469 e. The second-order valence-electron chi connectivity index (χ2n) is 4.61. The highest BCUT2D eigenvalue weighted by Crippen LogP contribution is 2.25. The Bertz CT molecular complexity index is 823. The summed E-state index contributed by atoms with van der Waals surface area (Å²) in [6.07, 6.45) is -0.117. The Balaban J connectivity index is 2.30. The molecule has 0 aliphatic heterocycles. The molecule has 1 heterocycles. The van der Waals surface area contributed by atoms with E-state index in [9.17, 15) is 13.2 Å². The van der Waals surface area contributed by atoms with E-state index in [0.717, 1.165) is 0 Å². The van der Waals surface area contributed by atoms with E-state index in [1.165, 1.54) is 42.7 Å². The lowest BCUT2D eigenvalue weighted by Crippen LogP contribution is -2.30. The number of hydrogen-bond donors (Lipinski definition) is 1. The van der Waals surface area contributed by atoms with Crippen LogP contribution in [0.3, 0.4) is 0 Å². The Labute approximate surface area is 138 Å². The molecule has 0 saturated heterocycles. The van der Waals surface area contributed by atoms with E-state index in [-0.39, 0.29) is 16.9 Å². The Morgan fingerprint density at radius 1 is 1.39 bits per heavy atom. The number of nitriles is 1. The van der Waals surface area contributed by atoms with Gasteiger partial charge in [0.05, 0.1) is 36.1 Å². The van der Waals surface area contributed by atoms with Crippen molar-refractivity contribution in [1.82, 2.24) is 4.72 Å². The highest BCUT2D eigenvalue weighted by Gasteiger charge is 2.25. The fraction of sp³-hybridized carbons (Fsp3) is 0.200. The zero-order valence-electron chi connectivity index (χ0n) is 12.2. The number of ether oxygens (including phenoxy) is 1. The van der Waals surface area contributed by atoms with Crippen LogP contribution in [0.2, 0.25) is 0 Å². The summed E-state index contributed by atoms with van der Waals surface area (Å²) in [6.45, 7) is 0. The minimum absolute atomic E-state index is 0.0250. The third-order valence-corrected chi connectivity index (χ3v) is 5.51. The molecule has 0 saturated carbocycles. The Kier molecular flexibility index (Phi) is 5.50. The van der Waals surface area contributed by atoms with Gasteiger partial charge in [0.2, 0.25) is 10.0 Å². The van der Waals surface area contributed by atoms with Crippen LogP contribution < -0.4 is 4.72 Å². The van der Waals surface area contributed by atoms with Crippen LogP contribution in [0.4, 0.5) is 0 Å². The van der Waals surface area contributed by atoms with E-state index in [2.05, 4.69) is 9.46 Å². The zero-order valence-corrected chi connectivity index (χ0v) is 13.9. The smallest absolute Gasteiger partial charge is 0.307 e. The Morgan fingerprint density at radius 2 is 2.17 bits per heavy atom. The van der Waals surface area contributed by atoms with Crippen LogP contribution in [0, 0.1) is 11.3 Å². The molecule has 0 spiro atoms. The molecule has 2 aromatic rings. The van der Waals surface area contributed by atoms with Gasteiger partial charge < -0.3 is 4.74 Å². The first kappa shape index (κ1) is 17.1. The molecule has 1 unspecified atom stereocenters. The molecule has 0 bridgehead atoms. The molecule has 120 valence electrons. The van der Waals surface area contributed by atoms with Gasteiger partial charge in [-0.05, 0) is 29.6 Å². The van der Waals surface area contributed by atoms with E-state index >= 15 is 0 Å². The van der Waals surface area contributed by atoms with Crippen molar-refractivity contribution in [3.8, 4) is 6.07 Å². The summed E-state index contributed by atoms with van der Waals surface area (Å²) in [4.78, 5) is 12.2. The third-order valence-electron chi connectivity index (χ3n) is 3.06. The van der Waals surface area contributed by atoms with Crippen molar-refractivity contribution in [3.05, 3.63) is 52.2 Å². The van der Waals surface area contributed by atoms with Crippen molar-refractivity contribution in [3.63, 3.8) is 0 Å². The average Bonchev–Trinajstić information content (AvgIpc) is 3.08. The van der Waals surface area contributed by atoms with Crippen molar-refractivity contribution in [2.75, 3.05) is 7.11 Å². The predicted molar refractivity (Wildman–Crippen MR) is 85.2 cm³/mol. The molecular formula is C15H14N2O4S2. The average molecular weight is 350 g/mol. The summed E-state index contributed by atoms with van der Waals surface area (Å²) >= 11 is 1.34. The third kappa shape index (κ3) is 4.39. The van der Waals surface area contributed by atoms with Crippen molar-refractivity contribution >= 4 is 27.3 Å². The number of nitrogens with zero attached hydrogens (tertiary/aromatic N) is 1. The minimum atomic E-state index is -3.87. The first-order valence-corrected chi connectivity index (χ1v) is 8.95. The van der Waals surface area contributed by atoms with E-state index < -0.39 is 22.0 Å². The molecule has 1 aromatic heterocycles. The summed E-state index contributed by atoms with van der Waals surface area (Å²) in [5.41, 5.74) is 0.244. The van der Waals surface area contributed by atoms with Crippen LogP contribution >= 0.6 is 11.3 Å². The lowest BCUT2D eigenvalue weighted by atomic mass is 10.2. The molecule has 6 nitrogen and oxygen atoms in total. The summed E-state index contributed by atoms with van der Waals surface area (Å²) in [6, 6.07) is 10.4. The van der Waals surface area contributed by atoms with Gasteiger partial charge in [0.15, 0.2) is 0 Å². The second kappa shape index (κ2) is 7.37. The van der Waals surface area contributed by atoms with Gasteiger partial charge >= 0.3 is 5.97 Å². The molecule has 8 heteroatoms. The fourth-order valence-corrected chi connectivity index (χ4v) is 4.04. The van der Waals surface area contributed by atoms with Gasteiger partial charge in [-0.3, -0.25) is 4.79 Å². The number of thiophene rings is 1. The van der Waals surface area contributed by atoms with Gasteiger partial charge in [0.25, 0.3) is 0 Å².